The molecule has 1 aromatic rings. The maximum Gasteiger partial charge on any atom is 0.240 e. The zero-order chi connectivity index (χ0) is 12.2. The van der Waals surface area contributed by atoms with Gasteiger partial charge < -0.3 is 0 Å². The average molecular weight is 306 g/mol. The monoisotopic (exact) mass is 305 g/mol. The molecular weight excluding hydrogens is 290 g/mol. The lowest BCUT2D eigenvalue weighted by atomic mass is 10.2. The molecule has 0 aliphatic rings. The van der Waals surface area contributed by atoms with Crippen molar-refractivity contribution in [1.82, 2.24) is 4.72 Å². The predicted molar refractivity (Wildman–Crippen MR) is 69.3 cm³/mol. The molecular formula is C11H16BrNO2S. The van der Waals surface area contributed by atoms with E-state index in [0.717, 1.165) is 10.9 Å². The Morgan fingerprint density at radius 2 is 2.12 bits per heavy atom. The van der Waals surface area contributed by atoms with E-state index >= 15 is 0 Å². The molecule has 3 nitrogen and oxygen atoms in total. The lowest BCUT2D eigenvalue weighted by Gasteiger charge is -2.10. The van der Waals surface area contributed by atoms with Gasteiger partial charge in [-0.3, -0.25) is 0 Å². The highest BCUT2D eigenvalue weighted by atomic mass is 79.9. The summed E-state index contributed by atoms with van der Waals surface area (Å²) in [7, 11) is -3.36. The van der Waals surface area contributed by atoms with Crippen molar-refractivity contribution in [3.05, 3.63) is 29.8 Å². The molecule has 0 radical (unpaired) electrons. The Balaban J connectivity index is 2.78. The molecule has 1 atom stereocenters. The first-order valence-corrected chi connectivity index (χ1v) is 7.68. The van der Waals surface area contributed by atoms with E-state index in [0.29, 0.717) is 11.4 Å². The molecule has 0 amide bonds. The summed E-state index contributed by atoms with van der Waals surface area (Å²) in [5.41, 5.74) is 0.941. The zero-order valence-corrected chi connectivity index (χ0v) is 11.8. The van der Waals surface area contributed by atoms with E-state index in [2.05, 4.69) is 20.7 Å². The molecule has 0 spiro atoms. The number of halogens is 1. The largest absolute Gasteiger partial charge is 0.240 e. The Morgan fingerprint density at radius 1 is 1.44 bits per heavy atom. The highest BCUT2D eigenvalue weighted by molar-refractivity contribution is 9.09. The van der Waals surface area contributed by atoms with Crippen molar-refractivity contribution < 1.29 is 8.42 Å². The summed E-state index contributed by atoms with van der Waals surface area (Å²) in [5, 5.41) is 0.781. The van der Waals surface area contributed by atoms with Gasteiger partial charge >= 0.3 is 0 Å². The highest BCUT2D eigenvalue weighted by Crippen LogP contribution is 2.11. The summed E-state index contributed by atoms with van der Waals surface area (Å²) >= 11 is 3.32. The van der Waals surface area contributed by atoms with Gasteiger partial charge in [-0.1, -0.05) is 35.0 Å². The smallest absolute Gasteiger partial charge is 0.211 e. The van der Waals surface area contributed by atoms with Gasteiger partial charge in [0.15, 0.2) is 0 Å². The summed E-state index contributed by atoms with van der Waals surface area (Å²) in [6.07, 6.45) is 0. The van der Waals surface area contributed by atoms with Gasteiger partial charge in [0.2, 0.25) is 10.0 Å². The topological polar surface area (TPSA) is 46.2 Å². The Morgan fingerprint density at radius 3 is 2.69 bits per heavy atom. The first-order valence-electron chi connectivity index (χ1n) is 5.08. The van der Waals surface area contributed by atoms with Crippen LogP contribution in [0.1, 0.15) is 12.5 Å². The van der Waals surface area contributed by atoms with Crippen molar-refractivity contribution in [3.63, 3.8) is 0 Å². The van der Waals surface area contributed by atoms with Gasteiger partial charge in [0, 0.05) is 11.9 Å². The van der Waals surface area contributed by atoms with E-state index in [-0.39, 0.29) is 5.92 Å². The van der Waals surface area contributed by atoms with E-state index in [1.54, 1.807) is 18.2 Å². The van der Waals surface area contributed by atoms with Gasteiger partial charge in [-0.05, 0) is 30.5 Å². The van der Waals surface area contributed by atoms with Gasteiger partial charge in [0.05, 0.1) is 4.90 Å². The molecule has 1 N–H and O–H groups in total. The van der Waals surface area contributed by atoms with Crippen molar-refractivity contribution in [1.29, 1.82) is 0 Å². The van der Waals surface area contributed by atoms with Crippen LogP contribution in [-0.2, 0) is 10.0 Å². The average Bonchev–Trinajstić information content (AvgIpc) is 2.26. The van der Waals surface area contributed by atoms with Crippen molar-refractivity contribution >= 4 is 26.0 Å². The summed E-state index contributed by atoms with van der Waals surface area (Å²) in [5.74, 6) is 0.277. The molecule has 0 heterocycles. The zero-order valence-electron chi connectivity index (χ0n) is 9.40. The summed E-state index contributed by atoms with van der Waals surface area (Å²) in [6.45, 7) is 4.30. The number of hydrogen-bond donors (Lipinski definition) is 1. The molecule has 0 aliphatic heterocycles. The molecule has 0 saturated carbocycles. The number of sulfonamides is 1. The first-order chi connectivity index (χ1) is 7.45. The third-order valence-electron chi connectivity index (χ3n) is 2.19. The third kappa shape index (κ3) is 3.88. The van der Waals surface area contributed by atoms with Gasteiger partial charge in [-0.15, -0.1) is 0 Å². The fourth-order valence-corrected chi connectivity index (χ4v) is 2.67. The normalized spacial score (nSPS) is 13.7. The van der Waals surface area contributed by atoms with Gasteiger partial charge in [-0.2, -0.15) is 0 Å². The van der Waals surface area contributed by atoms with Crippen LogP contribution < -0.4 is 4.72 Å². The number of rotatable bonds is 5. The van der Waals surface area contributed by atoms with Crippen LogP contribution in [0.4, 0.5) is 0 Å². The maximum absolute atomic E-state index is 11.9. The lowest BCUT2D eigenvalue weighted by Crippen LogP contribution is -2.29. The number of aryl methyl sites for hydroxylation is 1. The van der Waals surface area contributed by atoms with Gasteiger partial charge in [-0.25, -0.2) is 13.1 Å². The summed E-state index contributed by atoms with van der Waals surface area (Å²) in [4.78, 5) is 0.328. The SMILES string of the molecule is Cc1cccc(S(=O)(=O)NCC(C)CBr)c1. The van der Waals surface area contributed by atoms with Crippen molar-refractivity contribution in [2.45, 2.75) is 18.7 Å². The maximum atomic E-state index is 11.9. The van der Waals surface area contributed by atoms with Crippen LogP contribution in [0.5, 0.6) is 0 Å². The molecule has 1 rings (SSSR count). The van der Waals surface area contributed by atoms with Crippen LogP contribution in [0.2, 0.25) is 0 Å². The quantitative estimate of drug-likeness (QED) is 0.849. The number of benzene rings is 1. The molecule has 1 aromatic carbocycles. The summed E-state index contributed by atoms with van der Waals surface area (Å²) < 4.78 is 26.4. The Hall–Kier alpha value is -0.390. The first kappa shape index (κ1) is 13.7. The third-order valence-corrected chi connectivity index (χ3v) is 4.71. The van der Waals surface area contributed by atoms with E-state index in [1.165, 1.54) is 0 Å². The van der Waals surface area contributed by atoms with E-state index in [9.17, 15) is 8.42 Å². The van der Waals surface area contributed by atoms with Crippen molar-refractivity contribution in [2.75, 3.05) is 11.9 Å². The standard InChI is InChI=1S/C11H16BrNO2S/c1-9-4-3-5-11(6-9)16(14,15)13-8-10(2)7-12/h3-6,10,13H,7-8H2,1-2H3. The molecule has 0 saturated heterocycles. The molecule has 0 bridgehead atoms. The van der Waals surface area contributed by atoms with Crippen LogP contribution in [0, 0.1) is 12.8 Å². The van der Waals surface area contributed by atoms with Crippen LogP contribution in [-0.4, -0.2) is 20.3 Å². The second kappa shape index (κ2) is 5.80. The minimum absolute atomic E-state index is 0.277. The van der Waals surface area contributed by atoms with Crippen molar-refractivity contribution in [3.8, 4) is 0 Å². The van der Waals surface area contributed by atoms with Crippen LogP contribution in [0.25, 0.3) is 0 Å². The molecule has 16 heavy (non-hydrogen) atoms. The minimum Gasteiger partial charge on any atom is -0.211 e. The fourth-order valence-electron chi connectivity index (χ4n) is 1.17. The van der Waals surface area contributed by atoms with Crippen LogP contribution in [0.15, 0.2) is 29.2 Å². The molecule has 0 fully saturated rings. The number of hydrogen-bond acceptors (Lipinski definition) is 2. The lowest BCUT2D eigenvalue weighted by molar-refractivity contribution is 0.563. The van der Waals surface area contributed by atoms with Gasteiger partial charge in [0.25, 0.3) is 0 Å². The highest BCUT2D eigenvalue weighted by Gasteiger charge is 2.14. The number of alkyl halides is 1. The second-order valence-electron chi connectivity index (χ2n) is 3.93. The van der Waals surface area contributed by atoms with Gasteiger partial charge in [0.1, 0.15) is 0 Å². The van der Waals surface area contributed by atoms with Crippen LogP contribution in [0.3, 0.4) is 0 Å². The second-order valence-corrected chi connectivity index (χ2v) is 6.34. The fraction of sp³-hybridized carbons (Fsp3) is 0.455. The minimum atomic E-state index is -3.36. The van der Waals surface area contributed by atoms with E-state index in [1.807, 2.05) is 19.9 Å². The molecule has 0 aliphatic carbocycles. The Kier molecular flexibility index (Phi) is 4.95. The van der Waals surface area contributed by atoms with Crippen LogP contribution >= 0.6 is 15.9 Å². The van der Waals surface area contributed by atoms with E-state index < -0.39 is 10.0 Å². The van der Waals surface area contributed by atoms with Crippen molar-refractivity contribution in [2.24, 2.45) is 5.92 Å². The predicted octanol–water partition coefficient (Wildman–Crippen LogP) is 2.30. The molecule has 90 valence electrons. The van der Waals surface area contributed by atoms with E-state index in [4.69, 9.17) is 0 Å². The Labute approximate surface area is 105 Å². The Bertz CT molecular complexity index is 445. The molecule has 5 heteroatoms. The number of nitrogens with one attached hydrogen (secondary N) is 1. The summed E-state index contributed by atoms with van der Waals surface area (Å²) in [6, 6.07) is 6.90. The molecule has 0 aromatic heterocycles. The molecule has 1 unspecified atom stereocenters.